The fourth-order valence-electron chi connectivity index (χ4n) is 4.34. The van der Waals surface area contributed by atoms with Crippen LogP contribution in [0.3, 0.4) is 0 Å². The zero-order valence-electron chi connectivity index (χ0n) is 18.5. The van der Waals surface area contributed by atoms with Crippen molar-refractivity contribution in [2.45, 2.75) is 26.7 Å². The second kappa shape index (κ2) is 9.82. The smallest absolute Gasteiger partial charge is 0.328 e. The lowest BCUT2D eigenvalue weighted by molar-refractivity contribution is -0.131. The Kier molecular flexibility index (Phi) is 6.88. The van der Waals surface area contributed by atoms with Crippen LogP contribution in [0.4, 0.5) is 0 Å². The van der Waals surface area contributed by atoms with Gasteiger partial charge in [-0.05, 0) is 75.6 Å². The van der Waals surface area contributed by atoms with Crippen LogP contribution in [0, 0.1) is 6.92 Å². The van der Waals surface area contributed by atoms with Gasteiger partial charge in [-0.3, -0.25) is 0 Å². The number of aryl methyl sites for hydroxylation is 1. The second-order valence-corrected chi connectivity index (χ2v) is 8.90. The topological polar surface area (TPSA) is 37.3 Å². The fraction of sp³-hybridized carbons (Fsp3) is 0.138. The molecular formula is C29H24Cl2O2. The molecule has 4 heteroatoms. The normalized spacial score (nSPS) is 13.9. The van der Waals surface area contributed by atoms with Crippen molar-refractivity contribution < 1.29 is 9.90 Å². The van der Waals surface area contributed by atoms with Crippen LogP contribution in [-0.4, -0.2) is 11.1 Å². The molecule has 0 saturated carbocycles. The van der Waals surface area contributed by atoms with Crippen molar-refractivity contribution in [3.63, 3.8) is 0 Å². The van der Waals surface area contributed by atoms with Crippen LogP contribution >= 0.6 is 23.2 Å². The summed E-state index contributed by atoms with van der Waals surface area (Å²) in [4.78, 5) is 10.9. The van der Waals surface area contributed by atoms with E-state index in [1.54, 1.807) is 6.08 Å². The molecule has 1 N–H and O–H groups in total. The molecule has 0 heterocycles. The molecule has 0 saturated heterocycles. The van der Waals surface area contributed by atoms with Crippen LogP contribution in [0.2, 0.25) is 5.02 Å². The molecule has 33 heavy (non-hydrogen) atoms. The first-order valence-electron chi connectivity index (χ1n) is 10.9. The van der Waals surface area contributed by atoms with Gasteiger partial charge < -0.3 is 5.11 Å². The van der Waals surface area contributed by atoms with Crippen LogP contribution in [0.15, 0.2) is 78.4 Å². The van der Waals surface area contributed by atoms with Crippen molar-refractivity contribution in [3.8, 4) is 0 Å². The maximum atomic E-state index is 10.9. The monoisotopic (exact) mass is 474 g/mol. The number of fused-ring (bicyclic) bond motifs is 1. The minimum Gasteiger partial charge on any atom is -0.478 e. The van der Waals surface area contributed by atoms with Crippen LogP contribution in [0.1, 0.15) is 46.7 Å². The Morgan fingerprint density at radius 3 is 2.39 bits per heavy atom. The van der Waals surface area contributed by atoms with Gasteiger partial charge in [0, 0.05) is 17.5 Å². The summed E-state index contributed by atoms with van der Waals surface area (Å²) in [5, 5.41) is 10.4. The van der Waals surface area contributed by atoms with Crippen molar-refractivity contribution >= 4 is 51.4 Å². The van der Waals surface area contributed by atoms with Gasteiger partial charge in [0.1, 0.15) is 0 Å². The van der Waals surface area contributed by atoms with Crippen molar-refractivity contribution in [1.29, 1.82) is 0 Å². The predicted octanol–water partition coefficient (Wildman–Crippen LogP) is 8.27. The van der Waals surface area contributed by atoms with E-state index in [1.165, 1.54) is 5.56 Å². The highest BCUT2D eigenvalue weighted by Crippen LogP contribution is 2.46. The Labute approximate surface area is 204 Å². The number of rotatable bonds is 6. The first-order valence-corrected chi connectivity index (χ1v) is 11.6. The maximum Gasteiger partial charge on any atom is 0.328 e. The third kappa shape index (κ3) is 4.83. The standard InChI is InChI=1S/C29H24Cl2O2/c1-3-22(24-14-8-18(2)16-26(24)30)28(20-12-9-19(10-13-20)11-15-27(32)33)25-17-21-6-4-5-7-23(21)29(25)31/h4-16H,3,17H2,1-2H3,(H,32,33)/b15-11+,28-22+. The van der Waals surface area contributed by atoms with Gasteiger partial charge in [-0.1, -0.05) is 90.8 Å². The van der Waals surface area contributed by atoms with Gasteiger partial charge in [0.2, 0.25) is 0 Å². The van der Waals surface area contributed by atoms with E-state index < -0.39 is 5.97 Å². The van der Waals surface area contributed by atoms with Gasteiger partial charge in [-0.25, -0.2) is 4.79 Å². The molecule has 0 aromatic heterocycles. The van der Waals surface area contributed by atoms with E-state index in [1.807, 2.05) is 49.4 Å². The third-order valence-electron chi connectivity index (χ3n) is 5.91. The molecule has 0 unspecified atom stereocenters. The number of carboxylic acids is 1. The van der Waals surface area contributed by atoms with E-state index in [0.717, 1.165) is 73.5 Å². The predicted molar refractivity (Wildman–Crippen MR) is 139 cm³/mol. The fourth-order valence-corrected chi connectivity index (χ4v) is 5.04. The molecule has 0 fully saturated rings. The van der Waals surface area contributed by atoms with Crippen LogP contribution in [0.5, 0.6) is 0 Å². The summed E-state index contributed by atoms with van der Waals surface area (Å²) in [5.74, 6) is -0.970. The highest BCUT2D eigenvalue weighted by molar-refractivity contribution is 6.51. The lowest BCUT2D eigenvalue weighted by Gasteiger charge is -2.19. The lowest BCUT2D eigenvalue weighted by Crippen LogP contribution is -1.98. The van der Waals surface area contributed by atoms with E-state index >= 15 is 0 Å². The summed E-state index contributed by atoms with van der Waals surface area (Å²) in [6.07, 6.45) is 4.26. The average Bonchev–Trinajstić information content (AvgIpc) is 3.13. The zero-order chi connectivity index (χ0) is 23.5. The van der Waals surface area contributed by atoms with Gasteiger partial charge in [-0.2, -0.15) is 0 Å². The molecule has 0 amide bonds. The van der Waals surface area contributed by atoms with E-state index in [-0.39, 0.29) is 0 Å². The number of halogens is 2. The summed E-state index contributed by atoms with van der Waals surface area (Å²) in [6, 6.07) is 22.3. The van der Waals surface area contributed by atoms with Crippen molar-refractivity contribution in [2.75, 3.05) is 0 Å². The van der Waals surface area contributed by atoms with Crippen LogP contribution in [-0.2, 0) is 11.2 Å². The summed E-state index contributed by atoms with van der Waals surface area (Å²) >= 11 is 13.7. The minimum absolute atomic E-state index is 0.720. The molecular weight excluding hydrogens is 451 g/mol. The van der Waals surface area contributed by atoms with E-state index in [9.17, 15) is 4.79 Å². The Hall–Kier alpha value is -3.07. The number of allylic oxidation sites excluding steroid dienone is 3. The second-order valence-electron chi connectivity index (χ2n) is 8.11. The Balaban J connectivity index is 1.93. The molecule has 0 aliphatic heterocycles. The molecule has 3 aromatic carbocycles. The highest BCUT2D eigenvalue weighted by atomic mass is 35.5. The molecule has 0 atom stereocenters. The minimum atomic E-state index is -0.970. The van der Waals surface area contributed by atoms with Gasteiger partial charge in [0.05, 0.1) is 5.03 Å². The number of aliphatic carboxylic acids is 1. The van der Waals surface area contributed by atoms with Gasteiger partial charge in [-0.15, -0.1) is 0 Å². The molecule has 4 rings (SSSR count). The molecule has 0 spiro atoms. The van der Waals surface area contributed by atoms with Gasteiger partial charge in [0.15, 0.2) is 0 Å². The quantitative estimate of drug-likeness (QED) is 0.288. The molecule has 1 aliphatic carbocycles. The molecule has 1 aliphatic rings. The highest BCUT2D eigenvalue weighted by Gasteiger charge is 2.26. The summed E-state index contributed by atoms with van der Waals surface area (Å²) in [6.45, 7) is 4.16. The van der Waals surface area contributed by atoms with E-state index in [4.69, 9.17) is 28.3 Å². The Bertz CT molecular complexity index is 1310. The van der Waals surface area contributed by atoms with Gasteiger partial charge >= 0.3 is 5.97 Å². The molecule has 3 aromatic rings. The van der Waals surface area contributed by atoms with Crippen LogP contribution in [0.25, 0.3) is 22.3 Å². The first-order chi connectivity index (χ1) is 15.9. The van der Waals surface area contributed by atoms with Crippen molar-refractivity contribution in [1.82, 2.24) is 0 Å². The molecule has 0 bridgehead atoms. The lowest BCUT2D eigenvalue weighted by atomic mass is 9.86. The van der Waals surface area contributed by atoms with Crippen LogP contribution < -0.4 is 0 Å². The van der Waals surface area contributed by atoms with Crippen molar-refractivity contribution in [2.24, 2.45) is 0 Å². The average molecular weight is 475 g/mol. The van der Waals surface area contributed by atoms with Crippen molar-refractivity contribution in [3.05, 3.63) is 117 Å². The Morgan fingerprint density at radius 1 is 1.03 bits per heavy atom. The molecule has 2 nitrogen and oxygen atoms in total. The Morgan fingerprint density at radius 2 is 1.76 bits per heavy atom. The summed E-state index contributed by atoms with van der Waals surface area (Å²) in [5.41, 5.74) is 9.54. The summed E-state index contributed by atoms with van der Waals surface area (Å²) in [7, 11) is 0. The number of carbonyl (C=O) groups is 1. The number of carboxylic acid groups (broad SMARTS) is 1. The van der Waals surface area contributed by atoms with Gasteiger partial charge in [0.25, 0.3) is 0 Å². The SMILES string of the molecule is CC/C(=C(\C1=C(Cl)c2ccccc2C1)c1ccc(/C=C/C(=O)O)cc1)c1ccc(C)cc1Cl. The number of hydrogen-bond acceptors (Lipinski definition) is 1. The van der Waals surface area contributed by atoms with E-state index in [2.05, 4.69) is 31.2 Å². The number of hydrogen-bond donors (Lipinski definition) is 1. The van der Waals surface area contributed by atoms with E-state index in [0.29, 0.717) is 0 Å². The third-order valence-corrected chi connectivity index (χ3v) is 6.65. The zero-order valence-corrected chi connectivity index (χ0v) is 20.0. The first kappa shape index (κ1) is 23.1. The molecule has 166 valence electrons. The largest absolute Gasteiger partial charge is 0.478 e. The number of benzene rings is 3. The molecule has 0 radical (unpaired) electrons. The maximum absolute atomic E-state index is 10.9. The summed E-state index contributed by atoms with van der Waals surface area (Å²) < 4.78 is 0.